The molecule has 0 saturated carbocycles. The van der Waals surface area contributed by atoms with Crippen molar-refractivity contribution < 1.29 is 4.52 Å². The van der Waals surface area contributed by atoms with Gasteiger partial charge >= 0.3 is 0 Å². The third-order valence-corrected chi connectivity index (χ3v) is 5.83. The Bertz CT molecular complexity index is 853. The number of aryl methyl sites for hydroxylation is 1. The van der Waals surface area contributed by atoms with E-state index < -0.39 is 0 Å². The fraction of sp³-hybridized carbons (Fsp3) is 0.368. The summed E-state index contributed by atoms with van der Waals surface area (Å²) in [5.41, 5.74) is 2.21. The zero-order valence-corrected chi connectivity index (χ0v) is 16.3. The molecule has 0 amide bonds. The molecule has 1 aliphatic heterocycles. The highest BCUT2D eigenvalue weighted by Crippen LogP contribution is 2.23. The molecule has 3 heterocycles. The predicted molar refractivity (Wildman–Crippen MR) is 104 cm³/mol. The van der Waals surface area contributed by atoms with E-state index in [-0.39, 0.29) is 0 Å². The van der Waals surface area contributed by atoms with E-state index in [0.717, 1.165) is 42.6 Å². The van der Waals surface area contributed by atoms with Gasteiger partial charge in [0.25, 0.3) is 0 Å². The maximum absolute atomic E-state index is 6.01. The highest BCUT2D eigenvalue weighted by Gasteiger charge is 2.20. The monoisotopic (exact) mass is 388 g/mol. The molecule has 1 aliphatic rings. The van der Waals surface area contributed by atoms with Crippen molar-refractivity contribution in [2.75, 3.05) is 26.2 Å². The number of nitrogens with zero attached hydrogens (tertiary/aromatic N) is 4. The maximum Gasteiger partial charge on any atom is 0.241 e. The number of thiophene rings is 1. The van der Waals surface area contributed by atoms with E-state index in [4.69, 9.17) is 16.1 Å². The molecule has 0 atom stereocenters. The first-order valence-electron chi connectivity index (χ1n) is 8.74. The smallest absolute Gasteiger partial charge is 0.241 e. The van der Waals surface area contributed by atoms with Crippen LogP contribution in [0.4, 0.5) is 0 Å². The molecule has 0 radical (unpaired) electrons. The van der Waals surface area contributed by atoms with Gasteiger partial charge in [0.1, 0.15) is 0 Å². The second-order valence-corrected chi connectivity index (χ2v) is 8.44. The standard InChI is InChI=1S/C19H21ClN4OS/c1-14-2-4-15(5-3-14)19-21-18(25-22-19)13-24-10-8-23(9-11-24)12-16-6-7-17(20)26-16/h2-7H,8-13H2,1H3. The molecule has 1 aromatic carbocycles. The highest BCUT2D eigenvalue weighted by molar-refractivity contribution is 7.16. The summed E-state index contributed by atoms with van der Waals surface area (Å²) in [6.07, 6.45) is 0. The minimum absolute atomic E-state index is 0.660. The van der Waals surface area contributed by atoms with Gasteiger partial charge in [-0.3, -0.25) is 9.80 Å². The minimum Gasteiger partial charge on any atom is -0.338 e. The highest BCUT2D eigenvalue weighted by atomic mass is 35.5. The molecule has 136 valence electrons. The van der Waals surface area contributed by atoms with Crippen LogP contribution in [0.2, 0.25) is 4.34 Å². The van der Waals surface area contributed by atoms with Gasteiger partial charge in [-0.1, -0.05) is 46.6 Å². The molecule has 0 unspecified atom stereocenters. The topological polar surface area (TPSA) is 45.4 Å². The maximum atomic E-state index is 6.01. The van der Waals surface area contributed by atoms with Gasteiger partial charge in [0.15, 0.2) is 0 Å². The van der Waals surface area contributed by atoms with Crippen molar-refractivity contribution in [3.63, 3.8) is 0 Å². The van der Waals surface area contributed by atoms with E-state index >= 15 is 0 Å². The van der Waals surface area contributed by atoms with Crippen molar-refractivity contribution in [3.05, 3.63) is 57.1 Å². The van der Waals surface area contributed by atoms with Crippen LogP contribution >= 0.6 is 22.9 Å². The summed E-state index contributed by atoms with van der Waals surface area (Å²) in [5, 5.41) is 4.12. The predicted octanol–water partition coefficient (Wildman–Crippen LogP) is 4.08. The largest absolute Gasteiger partial charge is 0.338 e. The van der Waals surface area contributed by atoms with Gasteiger partial charge in [0, 0.05) is 43.2 Å². The number of piperazine rings is 1. The van der Waals surface area contributed by atoms with Crippen LogP contribution in [-0.4, -0.2) is 46.1 Å². The number of benzene rings is 1. The van der Waals surface area contributed by atoms with Crippen molar-refractivity contribution in [1.82, 2.24) is 19.9 Å². The lowest BCUT2D eigenvalue weighted by Crippen LogP contribution is -2.45. The van der Waals surface area contributed by atoms with Crippen molar-refractivity contribution in [2.24, 2.45) is 0 Å². The summed E-state index contributed by atoms with van der Waals surface area (Å²) in [6, 6.07) is 12.3. The van der Waals surface area contributed by atoms with Crippen molar-refractivity contribution >= 4 is 22.9 Å². The molecule has 0 bridgehead atoms. The summed E-state index contributed by atoms with van der Waals surface area (Å²) in [4.78, 5) is 10.7. The molecule has 0 aliphatic carbocycles. The SMILES string of the molecule is Cc1ccc(-c2noc(CN3CCN(Cc4ccc(Cl)s4)CC3)n2)cc1. The van der Waals surface area contributed by atoms with Crippen LogP contribution in [0.25, 0.3) is 11.4 Å². The van der Waals surface area contributed by atoms with Gasteiger partial charge in [0.2, 0.25) is 11.7 Å². The molecule has 0 N–H and O–H groups in total. The first kappa shape index (κ1) is 17.7. The van der Waals surface area contributed by atoms with Gasteiger partial charge in [-0.15, -0.1) is 11.3 Å². The average molecular weight is 389 g/mol. The molecule has 1 saturated heterocycles. The number of hydrogen-bond donors (Lipinski definition) is 0. The molecule has 4 rings (SSSR count). The zero-order chi connectivity index (χ0) is 17.9. The van der Waals surface area contributed by atoms with E-state index in [1.807, 2.05) is 18.2 Å². The first-order valence-corrected chi connectivity index (χ1v) is 9.94. The third-order valence-electron chi connectivity index (χ3n) is 4.61. The van der Waals surface area contributed by atoms with Crippen molar-refractivity contribution in [2.45, 2.75) is 20.0 Å². The summed E-state index contributed by atoms with van der Waals surface area (Å²) in [7, 11) is 0. The lowest BCUT2D eigenvalue weighted by atomic mass is 10.1. The molecule has 7 heteroatoms. The fourth-order valence-corrected chi connectivity index (χ4v) is 4.22. The van der Waals surface area contributed by atoms with Crippen molar-refractivity contribution in [1.29, 1.82) is 0 Å². The second kappa shape index (κ2) is 7.88. The molecule has 3 aromatic rings. The lowest BCUT2D eigenvalue weighted by Gasteiger charge is -2.33. The first-order chi connectivity index (χ1) is 12.7. The Hall–Kier alpha value is -1.73. The Morgan fingerprint density at radius 3 is 2.35 bits per heavy atom. The normalized spacial score (nSPS) is 16.2. The molecule has 5 nitrogen and oxygen atoms in total. The molecule has 26 heavy (non-hydrogen) atoms. The van der Waals surface area contributed by atoms with Gasteiger partial charge in [-0.05, 0) is 19.1 Å². The van der Waals surface area contributed by atoms with Crippen LogP contribution in [-0.2, 0) is 13.1 Å². The van der Waals surface area contributed by atoms with Crippen LogP contribution in [0.1, 0.15) is 16.3 Å². The Labute approximate surface area is 162 Å². The molecular formula is C19H21ClN4OS. The molecule has 0 spiro atoms. The van der Waals surface area contributed by atoms with Crippen LogP contribution in [0.5, 0.6) is 0 Å². The number of rotatable bonds is 5. The van der Waals surface area contributed by atoms with Gasteiger partial charge in [-0.25, -0.2) is 0 Å². The summed E-state index contributed by atoms with van der Waals surface area (Å²) < 4.78 is 6.31. The average Bonchev–Trinajstić information content (AvgIpc) is 3.26. The van der Waals surface area contributed by atoms with Crippen molar-refractivity contribution in [3.8, 4) is 11.4 Å². The number of hydrogen-bond acceptors (Lipinski definition) is 6. The zero-order valence-electron chi connectivity index (χ0n) is 14.7. The Morgan fingerprint density at radius 1 is 1.00 bits per heavy atom. The summed E-state index contributed by atoms with van der Waals surface area (Å²) in [6.45, 7) is 7.82. The van der Waals surface area contributed by atoms with Crippen LogP contribution < -0.4 is 0 Å². The molecule has 2 aromatic heterocycles. The Balaban J connectivity index is 1.30. The van der Waals surface area contributed by atoms with Crippen LogP contribution in [0, 0.1) is 6.92 Å². The van der Waals surface area contributed by atoms with E-state index in [1.54, 1.807) is 11.3 Å². The van der Waals surface area contributed by atoms with Gasteiger partial charge in [-0.2, -0.15) is 4.98 Å². The summed E-state index contributed by atoms with van der Waals surface area (Å²) >= 11 is 7.68. The lowest BCUT2D eigenvalue weighted by molar-refractivity contribution is 0.113. The third kappa shape index (κ3) is 4.32. The van der Waals surface area contributed by atoms with Gasteiger partial charge < -0.3 is 4.52 Å². The Morgan fingerprint density at radius 2 is 1.69 bits per heavy atom. The summed E-state index contributed by atoms with van der Waals surface area (Å²) in [5.74, 6) is 1.34. The van der Waals surface area contributed by atoms with E-state index in [9.17, 15) is 0 Å². The van der Waals surface area contributed by atoms with E-state index in [0.29, 0.717) is 18.3 Å². The number of aromatic nitrogens is 2. The van der Waals surface area contributed by atoms with E-state index in [2.05, 4.69) is 45.1 Å². The number of halogens is 1. The second-order valence-electron chi connectivity index (χ2n) is 6.64. The minimum atomic E-state index is 0.660. The Kier molecular flexibility index (Phi) is 5.36. The van der Waals surface area contributed by atoms with E-state index in [1.165, 1.54) is 10.4 Å². The van der Waals surface area contributed by atoms with Gasteiger partial charge in [0.05, 0.1) is 10.9 Å². The van der Waals surface area contributed by atoms with Crippen LogP contribution in [0.3, 0.4) is 0 Å². The quantitative estimate of drug-likeness (QED) is 0.659. The van der Waals surface area contributed by atoms with Crippen LogP contribution in [0.15, 0.2) is 40.9 Å². The molecular weight excluding hydrogens is 368 g/mol. The molecule has 1 fully saturated rings. The fourth-order valence-electron chi connectivity index (χ4n) is 3.09.